The van der Waals surface area contributed by atoms with Crippen molar-refractivity contribution in [2.24, 2.45) is 5.92 Å². The maximum Gasteiger partial charge on any atom is 0.472 e. The van der Waals surface area contributed by atoms with Crippen LogP contribution in [0, 0.1) is 5.92 Å². The molecule has 5 atom stereocenters. The summed E-state index contributed by atoms with van der Waals surface area (Å²) in [6.07, 6.45) is 44.5. The quantitative estimate of drug-likeness (QED) is 0.0222. The number of ether oxygens (including phenoxy) is 4. The minimum Gasteiger partial charge on any atom is -0.462 e. The van der Waals surface area contributed by atoms with Gasteiger partial charge in [-0.2, -0.15) is 0 Å². The van der Waals surface area contributed by atoms with E-state index in [0.717, 1.165) is 109 Å². The van der Waals surface area contributed by atoms with Crippen molar-refractivity contribution >= 4 is 39.5 Å². The standard InChI is InChI=1S/C66H128O17P2/c1-6-9-12-15-18-20-22-23-24-25-26-28-30-37-42-47-52-66(71)83-62(56-77-64(69)50-45-40-35-32-31-34-38-43-48-59(4)5)58-81-85(74,75)79-54-60(67)53-78-84(72,73)80-57-61(55-76-63(68)49-44-39-33-17-14-11-8-3)82-65(70)51-46-41-36-29-27-21-19-16-13-10-7-2/h59-62,67H,6-58H2,1-5H3,(H,72,73)(H,74,75)/t60-,61+,62+/m0/s1. The lowest BCUT2D eigenvalue weighted by Gasteiger charge is -2.21. The number of phosphoric acid groups is 2. The average molecular weight is 1260 g/mol. The minimum atomic E-state index is -4.95. The van der Waals surface area contributed by atoms with Gasteiger partial charge in [0.25, 0.3) is 0 Å². The molecule has 0 aromatic rings. The van der Waals surface area contributed by atoms with Gasteiger partial charge >= 0.3 is 39.5 Å². The Bertz CT molecular complexity index is 1650. The molecular weight excluding hydrogens is 1130 g/mol. The Hall–Kier alpha value is -1.94. The number of carbonyl (C=O) groups excluding carboxylic acids is 4. The third-order valence-corrected chi connectivity index (χ3v) is 17.2. The second kappa shape index (κ2) is 59.7. The highest BCUT2D eigenvalue weighted by molar-refractivity contribution is 7.47. The Morgan fingerprint density at radius 3 is 0.800 bits per heavy atom. The molecule has 3 N–H and O–H groups in total. The highest BCUT2D eigenvalue weighted by atomic mass is 31.2. The Morgan fingerprint density at radius 1 is 0.318 bits per heavy atom. The van der Waals surface area contributed by atoms with Gasteiger partial charge in [0.1, 0.15) is 19.3 Å². The zero-order valence-corrected chi connectivity index (χ0v) is 56.5. The first kappa shape index (κ1) is 83.1. The lowest BCUT2D eigenvalue weighted by atomic mass is 10.0. The summed E-state index contributed by atoms with van der Waals surface area (Å²) in [5.74, 6) is -1.41. The second-order valence-corrected chi connectivity index (χ2v) is 27.2. The average Bonchev–Trinajstić information content (AvgIpc) is 3.61. The van der Waals surface area contributed by atoms with E-state index in [4.69, 9.17) is 37.0 Å². The lowest BCUT2D eigenvalue weighted by molar-refractivity contribution is -0.161. The first-order valence-corrected chi connectivity index (χ1v) is 37.6. The zero-order valence-electron chi connectivity index (χ0n) is 54.7. The van der Waals surface area contributed by atoms with E-state index >= 15 is 0 Å². The first-order chi connectivity index (χ1) is 41.0. The largest absolute Gasteiger partial charge is 0.472 e. The molecule has 85 heavy (non-hydrogen) atoms. The molecule has 2 unspecified atom stereocenters. The fraction of sp³-hybridized carbons (Fsp3) is 0.939. The van der Waals surface area contributed by atoms with Crippen molar-refractivity contribution in [2.45, 2.75) is 355 Å². The van der Waals surface area contributed by atoms with Crippen LogP contribution in [0.2, 0.25) is 0 Å². The summed E-state index contributed by atoms with van der Waals surface area (Å²) in [6, 6.07) is 0. The van der Waals surface area contributed by atoms with Crippen LogP contribution in [0.15, 0.2) is 0 Å². The van der Waals surface area contributed by atoms with Crippen LogP contribution in [0.5, 0.6) is 0 Å². The van der Waals surface area contributed by atoms with Gasteiger partial charge in [-0.1, -0.05) is 285 Å². The number of aliphatic hydroxyl groups excluding tert-OH is 1. The fourth-order valence-corrected chi connectivity index (χ4v) is 11.5. The monoisotopic (exact) mass is 1250 g/mol. The van der Waals surface area contributed by atoms with Crippen LogP contribution in [-0.4, -0.2) is 96.7 Å². The SMILES string of the molecule is CCCCCCCCCCCCCCCCCCC(=O)O[C@H](COC(=O)CCCCCCCCCCC(C)C)COP(=O)(O)OC[C@@H](O)COP(=O)(O)OC[C@@H](COC(=O)CCCCCCCCC)OC(=O)CCCCCCCCCCCCC. The Kier molecular flexibility index (Phi) is 58.3. The van der Waals surface area contributed by atoms with E-state index in [1.165, 1.54) is 148 Å². The van der Waals surface area contributed by atoms with E-state index in [9.17, 15) is 43.2 Å². The normalized spacial score (nSPS) is 14.2. The van der Waals surface area contributed by atoms with Gasteiger partial charge in [0, 0.05) is 25.7 Å². The van der Waals surface area contributed by atoms with Crippen molar-refractivity contribution < 1.29 is 80.2 Å². The van der Waals surface area contributed by atoms with Gasteiger partial charge in [-0.25, -0.2) is 9.13 Å². The summed E-state index contributed by atoms with van der Waals surface area (Å²) in [5.41, 5.74) is 0. The van der Waals surface area contributed by atoms with E-state index < -0.39 is 97.5 Å². The predicted octanol–water partition coefficient (Wildman–Crippen LogP) is 18.6. The van der Waals surface area contributed by atoms with Gasteiger partial charge in [-0.05, 0) is 31.6 Å². The molecule has 0 bridgehead atoms. The predicted molar refractivity (Wildman–Crippen MR) is 340 cm³/mol. The van der Waals surface area contributed by atoms with Gasteiger partial charge in [-0.15, -0.1) is 0 Å². The number of rotatable bonds is 66. The molecule has 0 aromatic carbocycles. The Balaban J connectivity index is 5.20. The van der Waals surface area contributed by atoms with Crippen LogP contribution >= 0.6 is 15.6 Å². The molecule has 0 aliphatic rings. The van der Waals surface area contributed by atoms with Crippen molar-refractivity contribution in [3.63, 3.8) is 0 Å². The summed E-state index contributed by atoms with van der Waals surface area (Å²) < 4.78 is 68.0. The van der Waals surface area contributed by atoms with E-state index in [2.05, 4.69) is 34.6 Å². The number of hydrogen-bond donors (Lipinski definition) is 3. The van der Waals surface area contributed by atoms with Crippen molar-refractivity contribution in [2.75, 3.05) is 39.6 Å². The summed E-state index contributed by atoms with van der Waals surface area (Å²) in [7, 11) is -9.88. The molecule has 0 aliphatic carbocycles. The van der Waals surface area contributed by atoms with Crippen LogP contribution in [0.1, 0.15) is 336 Å². The number of carbonyl (C=O) groups is 4. The van der Waals surface area contributed by atoms with Crippen LogP contribution < -0.4 is 0 Å². The molecule has 0 aromatic heterocycles. The maximum absolute atomic E-state index is 13.0. The number of aliphatic hydroxyl groups is 1. The third kappa shape index (κ3) is 60.7. The molecule has 19 heteroatoms. The molecule has 0 spiro atoms. The van der Waals surface area contributed by atoms with Crippen LogP contribution in [0.4, 0.5) is 0 Å². The van der Waals surface area contributed by atoms with Crippen molar-refractivity contribution in [3.8, 4) is 0 Å². The molecular formula is C66H128O17P2. The first-order valence-electron chi connectivity index (χ1n) is 34.6. The van der Waals surface area contributed by atoms with Crippen molar-refractivity contribution in [3.05, 3.63) is 0 Å². The molecule has 0 amide bonds. The number of esters is 4. The smallest absolute Gasteiger partial charge is 0.462 e. The second-order valence-electron chi connectivity index (χ2n) is 24.3. The van der Waals surface area contributed by atoms with Gasteiger partial charge in [0.2, 0.25) is 0 Å². The topological polar surface area (TPSA) is 237 Å². The zero-order chi connectivity index (χ0) is 62.8. The van der Waals surface area contributed by atoms with Crippen LogP contribution in [0.3, 0.4) is 0 Å². The molecule has 17 nitrogen and oxygen atoms in total. The van der Waals surface area contributed by atoms with Crippen molar-refractivity contribution in [1.82, 2.24) is 0 Å². The molecule has 0 saturated carbocycles. The summed E-state index contributed by atoms with van der Waals surface area (Å²) in [4.78, 5) is 72.2. The molecule has 0 radical (unpaired) electrons. The molecule has 0 aliphatic heterocycles. The molecule has 0 saturated heterocycles. The molecule has 0 rings (SSSR count). The summed E-state index contributed by atoms with van der Waals surface area (Å²) in [6.45, 7) is 7.14. The van der Waals surface area contributed by atoms with Crippen molar-refractivity contribution in [1.29, 1.82) is 0 Å². The maximum atomic E-state index is 13.0. The van der Waals surface area contributed by atoms with Crippen LogP contribution in [0.25, 0.3) is 0 Å². The number of hydrogen-bond acceptors (Lipinski definition) is 15. The lowest BCUT2D eigenvalue weighted by Crippen LogP contribution is -2.30. The molecule has 0 fully saturated rings. The third-order valence-electron chi connectivity index (χ3n) is 15.3. The van der Waals surface area contributed by atoms with E-state index in [0.29, 0.717) is 25.7 Å². The summed E-state index contributed by atoms with van der Waals surface area (Å²) in [5, 5.41) is 10.5. The van der Waals surface area contributed by atoms with Crippen LogP contribution in [-0.2, 0) is 65.4 Å². The fourth-order valence-electron chi connectivity index (χ4n) is 9.94. The highest BCUT2D eigenvalue weighted by Gasteiger charge is 2.30. The van der Waals surface area contributed by atoms with E-state index in [-0.39, 0.29) is 25.7 Å². The van der Waals surface area contributed by atoms with Gasteiger partial charge in [-0.3, -0.25) is 37.3 Å². The molecule has 0 heterocycles. The highest BCUT2D eigenvalue weighted by Crippen LogP contribution is 2.45. The summed E-state index contributed by atoms with van der Waals surface area (Å²) >= 11 is 0. The van der Waals surface area contributed by atoms with Gasteiger partial charge in [0.05, 0.1) is 26.4 Å². The van der Waals surface area contributed by atoms with E-state index in [1.807, 2.05) is 0 Å². The molecule has 504 valence electrons. The Morgan fingerprint density at radius 2 is 0.541 bits per heavy atom. The van der Waals surface area contributed by atoms with Gasteiger partial charge in [0.15, 0.2) is 12.2 Å². The Labute approximate surface area is 517 Å². The van der Waals surface area contributed by atoms with Gasteiger partial charge < -0.3 is 33.8 Å². The minimum absolute atomic E-state index is 0.107. The number of unbranched alkanes of at least 4 members (excludes halogenated alkanes) is 38. The van der Waals surface area contributed by atoms with E-state index in [1.54, 1.807) is 0 Å². The number of phosphoric ester groups is 2.